The quantitative estimate of drug-likeness (QED) is 0.552. The minimum Gasteiger partial charge on any atom is -0.261 e. The van der Waals surface area contributed by atoms with E-state index in [1.54, 1.807) is 0 Å². The Morgan fingerprint density at radius 2 is 1.04 bits per heavy atom. The SMILES string of the molecule is Cc1ccc(C)c(C)c1.Cc1ccc(C)nc1.Cc1ccc(C)nn1. The van der Waals surface area contributed by atoms with Crippen molar-refractivity contribution in [3.05, 3.63) is 88.0 Å². The standard InChI is InChI=1S/C9H12.C7H9N.C6H8N2/c1-7-4-5-8(2)9(3)6-7;1-6-3-4-7(2)8-5-6;1-5-3-4-6(2)8-7-5/h4-6H,1-3H3;3-5H,1-2H3;3-4H,1-2H3. The lowest BCUT2D eigenvalue weighted by Gasteiger charge is -1.98. The second-order valence-corrected chi connectivity index (χ2v) is 6.38. The summed E-state index contributed by atoms with van der Waals surface area (Å²) in [7, 11) is 0. The van der Waals surface area contributed by atoms with Gasteiger partial charge in [-0.05, 0) is 83.4 Å². The van der Waals surface area contributed by atoms with Gasteiger partial charge in [-0.1, -0.05) is 29.8 Å². The van der Waals surface area contributed by atoms with Crippen LogP contribution in [0.4, 0.5) is 0 Å². The molecular weight excluding hydrogens is 306 g/mol. The number of benzene rings is 1. The molecule has 0 N–H and O–H groups in total. The van der Waals surface area contributed by atoms with Crippen molar-refractivity contribution in [2.24, 2.45) is 0 Å². The molecule has 2 aromatic heterocycles. The van der Waals surface area contributed by atoms with Crippen LogP contribution in [0.1, 0.15) is 39.3 Å². The van der Waals surface area contributed by atoms with Gasteiger partial charge in [0.1, 0.15) is 0 Å². The van der Waals surface area contributed by atoms with Crippen molar-refractivity contribution in [2.75, 3.05) is 0 Å². The van der Waals surface area contributed by atoms with Crippen LogP contribution in [0.3, 0.4) is 0 Å². The third kappa shape index (κ3) is 8.75. The number of aromatic nitrogens is 3. The molecule has 0 saturated heterocycles. The van der Waals surface area contributed by atoms with Crippen LogP contribution in [0.5, 0.6) is 0 Å². The molecule has 0 fully saturated rings. The predicted molar refractivity (Wildman–Crippen MR) is 106 cm³/mol. The highest BCUT2D eigenvalue weighted by Gasteiger charge is 1.89. The summed E-state index contributed by atoms with van der Waals surface area (Å²) in [5.41, 5.74) is 8.34. The van der Waals surface area contributed by atoms with E-state index in [1.165, 1.54) is 22.3 Å². The molecule has 3 heteroatoms. The van der Waals surface area contributed by atoms with Gasteiger partial charge in [-0.2, -0.15) is 10.2 Å². The molecule has 0 aliphatic heterocycles. The van der Waals surface area contributed by atoms with Gasteiger partial charge >= 0.3 is 0 Å². The largest absolute Gasteiger partial charge is 0.261 e. The number of aryl methyl sites for hydroxylation is 7. The summed E-state index contributed by atoms with van der Waals surface area (Å²) in [5, 5.41) is 7.66. The summed E-state index contributed by atoms with van der Waals surface area (Å²) in [4.78, 5) is 4.08. The molecular formula is C22H29N3. The van der Waals surface area contributed by atoms with E-state index in [4.69, 9.17) is 0 Å². The summed E-state index contributed by atoms with van der Waals surface area (Å²) >= 11 is 0. The Kier molecular flexibility index (Phi) is 8.48. The fraction of sp³-hybridized carbons (Fsp3) is 0.318. The van der Waals surface area contributed by atoms with E-state index >= 15 is 0 Å². The summed E-state index contributed by atoms with van der Waals surface area (Å²) in [6, 6.07) is 14.5. The normalized spacial score (nSPS) is 9.40. The molecule has 0 aliphatic carbocycles. The van der Waals surface area contributed by atoms with E-state index in [0.29, 0.717) is 0 Å². The molecule has 0 bridgehead atoms. The van der Waals surface area contributed by atoms with Gasteiger partial charge in [-0.25, -0.2) is 0 Å². The number of hydrogen-bond acceptors (Lipinski definition) is 3. The average molecular weight is 335 g/mol. The molecule has 2 heterocycles. The molecule has 132 valence electrons. The van der Waals surface area contributed by atoms with Crippen LogP contribution in [0, 0.1) is 48.5 Å². The van der Waals surface area contributed by atoms with Crippen molar-refractivity contribution < 1.29 is 0 Å². The first-order valence-electron chi connectivity index (χ1n) is 8.48. The van der Waals surface area contributed by atoms with Crippen LogP contribution in [0.15, 0.2) is 48.7 Å². The van der Waals surface area contributed by atoms with E-state index in [0.717, 1.165) is 17.1 Å². The highest BCUT2D eigenvalue weighted by atomic mass is 15.1. The van der Waals surface area contributed by atoms with Crippen molar-refractivity contribution in [1.82, 2.24) is 15.2 Å². The van der Waals surface area contributed by atoms with E-state index in [1.807, 2.05) is 52.1 Å². The maximum Gasteiger partial charge on any atom is 0.0600 e. The highest BCUT2D eigenvalue weighted by molar-refractivity contribution is 5.28. The lowest BCUT2D eigenvalue weighted by Crippen LogP contribution is -1.86. The molecule has 1 aromatic carbocycles. The maximum absolute atomic E-state index is 4.08. The molecule has 25 heavy (non-hydrogen) atoms. The molecule has 0 amide bonds. The number of nitrogens with zero attached hydrogens (tertiary/aromatic N) is 3. The third-order valence-corrected chi connectivity index (χ3v) is 3.65. The number of hydrogen-bond donors (Lipinski definition) is 0. The molecule has 3 rings (SSSR count). The lowest BCUT2D eigenvalue weighted by molar-refractivity contribution is 0.941. The van der Waals surface area contributed by atoms with Crippen molar-refractivity contribution in [2.45, 2.75) is 48.5 Å². The zero-order chi connectivity index (χ0) is 18.8. The van der Waals surface area contributed by atoms with Gasteiger partial charge in [0.2, 0.25) is 0 Å². The van der Waals surface area contributed by atoms with E-state index in [9.17, 15) is 0 Å². The molecule has 0 saturated carbocycles. The van der Waals surface area contributed by atoms with Crippen LogP contribution in [0.2, 0.25) is 0 Å². The van der Waals surface area contributed by atoms with Crippen LogP contribution in [0.25, 0.3) is 0 Å². The van der Waals surface area contributed by atoms with Gasteiger partial charge in [0, 0.05) is 11.9 Å². The Hall–Kier alpha value is -2.55. The van der Waals surface area contributed by atoms with Gasteiger partial charge in [0.05, 0.1) is 11.4 Å². The summed E-state index contributed by atoms with van der Waals surface area (Å²) < 4.78 is 0. The molecule has 0 aliphatic rings. The van der Waals surface area contributed by atoms with Crippen molar-refractivity contribution >= 4 is 0 Å². The summed E-state index contributed by atoms with van der Waals surface area (Å²) in [6.45, 7) is 14.3. The van der Waals surface area contributed by atoms with Crippen LogP contribution < -0.4 is 0 Å². The average Bonchev–Trinajstić information content (AvgIpc) is 2.58. The number of pyridine rings is 1. The fourth-order valence-electron chi connectivity index (χ4n) is 1.90. The highest BCUT2D eigenvalue weighted by Crippen LogP contribution is 2.07. The van der Waals surface area contributed by atoms with E-state index < -0.39 is 0 Å². The first kappa shape index (κ1) is 20.5. The second kappa shape index (κ2) is 10.3. The molecule has 0 radical (unpaired) electrons. The van der Waals surface area contributed by atoms with Crippen LogP contribution >= 0.6 is 0 Å². The maximum atomic E-state index is 4.08. The molecule has 0 unspecified atom stereocenters. The second-order valence-electron chi connectivity index (χ2n) is 6.38. The molecule has 3 aromatic rings. The van der Waals surface area contributed by atoms with Crippen LogP contribution in [-0.2, 0) is 0 Å². The van der Waals surface area contributed by atoms with Gasteiger partial charge < -0.3 is 0 Å². The zero-order valence-corrected chi connectivity index (χ0v) is 16.5. The summed E-state index contributed by atoms with van der Waals surface area (Å²) in [5.74, 6) is 0. The summed E-state index contributed by atoms with van der Waals surface area (Å²) in [6.07, 6.45) is 1.87. The van der Waals surface area contributed by atoms with E-state index in [2.05, 4.69) is 60.2 Å². The Labute approximate surface area is 152 Å². The third-order valence-electron chi connectivity index (χ3n) is 3.65. The van der Waals surface area contributed by atoms with Gasteiger partial charge in [-0.3, -0.25) is 4.98 Å². The first-order valence-corrected chi connectivity index (χ1v) is 8.48. The van der Waals surface area contributed by atoms with Gasteiger partial charge in [0.15, 0.2) is 0 Å². The minimum absolute atomic E-state index is 0.968. The minimum atomic E-state index is 0.968. The van der Waals surface area contributed by atoms with Gasteiger partial charge in [0.25, 0.3) is 0 Å². The van der Waals surface area contributed by atoms with Gasteiger partial charge in [-0.15, -0.1) is 0 Å². The van der Waals surface area contributed by atoms with Crippen molar-refractivity contribution in [3.8, 4) is 0 Å². The Morgan fingerprint density at radius 3 is 1.40 bits per heavy atom. The predicted octanol–water partition coefficient (Wildman–Crippen LogP) is 5.40. The monoisotopic (exact) mass is 335 g/mol. The lowest BCUT2D eigenvalue weighted by atomic mass is 10.1. The number of rotatable bonds is 0. The van der Waals surface area contributed by atoms with Crippen molar-refractivity contribution in [1.29, 1.82) is 0 Å². The molecule has 0 atom stereocenters. The smallest absolute Gasteiger partial charge is 0.0600 e. The Bertz CT molecular complexity index is 675. The Morgan fingerprint density at radius 1 is 0.520 bits per heavy atom. The van der Waals surface area contributed by atoms with Crippen LogP contribution in [-0.4, -0.2) is 15.2 Å². The fourth-order valence-corrected chi connectivity index (χ4v) is 1.90. The Balaban J connectivity index is 0.000000188. The molecule has 3 nitrogen and oxygen atoms in total. The zero-order valence-electron chi connectivity index (χ0n) is 16.5. The van der Waals surface area contributed by atoms with Crippen molar-refractivity contribution in [3.63, 3.8) is 0 Å². The topological polar surface area (TPSA) is 38.7 Å². The first-order chi connectivity index (χ1) is 11.8. The molecule has 0 spiro atoms. The van der Waals surface area contributed by atoms with E-state index in [-0.39, 0.29) is 0 Å².